The maximum Gasteiger partial charge on any atom is 0.241 e. The summed E-state index contributed by atoms with van der Waals surface area (Å²) in [6.45, 7) is 7.54. The molecule has 19 heavy (non-hydrogen) atoms. The molecule has 0 saturated heterocycles. The highest BCUT2D eigenvalue weighted by atomic mass is 32.2. The molecule has 0 aromatic heterocycles. The maximum absolute atomic E-state index is 12.3. The van der Waals surface area contributed by atoms with Gasteiger partial charge in [-0.2, -0.15) is 0 Å². The van der Waals surface area contributed by atoms with Crippen LogP contribution < -0.4 is 9.46 Å². The maximum atomic E-state index is 12.3. The van der Waals surface area contributed by atoms with Crippen LogP contribution in [0.15, 0.2) is 17.0 Å². The van der Waals surface area contributed by atoms with Gasteiger partial charge in [-0.25, -0.2) is 13.1 Å². The first-order valence-electron chi connectivity index (χ1n) is 6.49. The van der Waals surface area contributed by atoms with Crippen molar-refractivity contribution in [2.45, 2.75) is 51.5 Å². The minimum Gasteiger partial charge on any atom is -0.496 e. The van der Waals surface area contributed by atoms with E-state index in [2.05, 4.69) is 4.72 Å². The summed E-state index contributed by atoms with van der Waals surface area (Å²) in [5, 5.41) is 0. The first-order valence-corrected chi connectivity index (χ1v) is 7.97. The van der Waals surface area contributed by atoms with E-state index < -0.39 is 10.0 Å². The SMILES string of the molecule is CCC[C@@H](C)NS(=O)(=O)c1cc(C)c(OC)cc1C. The number of methoxy groups -OCH3 is 1. The smallest absolute Gasteiger partial charge is 0.241 e. The number of benzene rings is 1. The summed E-state index contributed by atoms with van der Waals surface area (Å²) in [6, 6.07) is 3.36. The van der Waals surface area contributed by atoms with Crippen LogP contribution in [0, 0.1) is 13.8 Å². The fraction of sp³-hybridized carbons (Fsp3) is 0.571. The summed E-state index contributed by atoms with van der Waals surface area (Å²) in [5.74, 6) is 0.707. The largest absolute Gasteiger partial charge is 0.496 e. The number of rotatable bonds is 6. The van der Waals surface area contributed by atoms with E-state index >= 15 is 0 Å². The van der Waals surface area contributed by atoms with Gasteiger partial charge in [-0.15, -0.1) is 0 Å². The lowest BCUT2D eigenvalue weighted by atomic mass is 10.1. The third-order valence-electron chi connectivity index (χ3n) is 3.06. The minimum atomic E-state index is -3.47. The van der Waals surface area contributed by atoms with E-state index in [0.29, 0.717) is 16.2 Å². The summed E-state index contributed by atoms with van der Waals surface area (Å²) in [4.78, 5) is 0.328. The first-order chi connectivity index (χ1) is 8.81. The Hall–Kier alpha value is -1.07. The van der Waals surface area contributed by atoms with Gasteiger partial charge in [0.05, 0.1) is 12.0 Å². The van der Waals surface area contributed by atoms with Crippen LogP contribution in [-0.2, 0) is 10.0 Å². The van der Waals surface area contributed by atoms with Gasteiger partial charge >= 0.3 is 0 Å². The molecule has 0 amide bonds. The molecule has 1 rings (SSSR count). The lowest BCUT2D eigenvalue weighted by molar-refractivity contribution is 0.411. The van der Waals surface area contributed by atoms with Crippen LogP contribution in [0.4, 0.5) is 0 Å². The Morgan fingerprint density at radius 3 is 2.42 bits per heavy atom. The molecule has 0 saturated carbocycles. The molecule has 0 radical (unpaired) electrons. The predicted octanol–water partition coefficient (Wildman–Crippen LogP) is 2.78. The molecule has 5 heteroatoms. The molecular weight excluding hydrogens is 262 g/mol. The number of nitrogens with one attached hydrogen (secondary N) is 1. The minimum absolute atomic E-state index is 0.0585. The highest BCUT2D eigenvalue weighted by Gasteiger charge is 2.20. The molecule has 0 aliphatic carbocycles. The topological polar surface area (TPSA) is 55.4 Å². The zero-order chi connectivity index (χ0) is 14.6. The average molecular weight is 285 g/mol. The lowest BCUT2D eigenvalue weighted by Crippen LogP contribution is -2.32. The Morgan fingerprint density at radius 2 is 1.89 bits per heavy atom. The highest BCUT2D eigenvalue weighted by Crippen LogP contribution is 2.25. The molecule has 0 aliphatic rings. The van der Waals surface area contributed by atoms with Crippen molar-refractivity contribution in [3.63, 3.8) is 0 Å². The van der Waals surface area contributed by atoms with E-state index in [-0.39, 0.29) is 6.04 Å². The Labute approximate surface area is 116 Å². The van der Waals surface area contributed by atoms with Crippen LogP contribution in [0.25, 0.3) is 0 Å². The van der Waals surface area contributed by atoms with E-state index in [1.165, 1.54) is 0 Å². The van der Waals surface area contributed by atoms with Gasteiger partial charge in [-0.3, -0.25) is 0 Å². The summed E-state index contributed by atoms with van der Waals surface area (Å²) < 4.78 is 32.6. The molecule has 1 atom stereocenters. The Kier molecular flexibility index (Phi) is 5.38. The van der Waals surface area contributed by atoms with Gasteiger partial charge in [-0.05, 0) is 50.5 Å². The molecule has 0 fully saturated rings. The third kappa shape index (κ3) is 3.94. The average Bonchev–Trinajstić information content (AvgIpc) is 2.30. The zero-order valence-electron chi connectivity index (χ0n) is 12.3. The summed E-state index contributed by atoms with van der Waals surface area (Å²) in [6.07, 6.45) is 1.78. The second kappa shape index (κ2) is 6.39. The molecular formula is C14H23NO3S. The van der Waals surface area contributed by atoms with E-state index in [4.69, 9.17) is 4.74 Å². The Balaban J connectivity index is 3.11. The number of hydrogen-bond donors (Lipinski definition) is 1. The third-order valence-corrected chi connectivity index (χ3v) is 4.79. The van der Waals surface area contributed by atoms with Gasteiger partial charge < -0.3 is 4.74 Å². The molecule has 0 unspecified atom stereocenters. The Bertz CT molecular complexity index is 538. The molecule has 0 spiro atoms. The van der Waals surface area contributed by atoms with E-state index in [1.807, 2.05) is 20.8 Å². The molecule has 1 N–H and O–H groups in total. The lowest BCUT2D eigenvalue weighted by Gasteiger charge is -2.16. The van der Waals surface area contributed by atoms with Crippen LogP contribution in [0.1, 0.15) is 37.8 Å². The normalized spacial score (nSPS) is 13.3. The Morgan fingerprint density at radius 1 is 1.26 bits per heavy atom. The summed E-state index contributed by atoms with van der Waals surface area (Å²) >= 11 is 0. The van der Waals surface area contributed by atoms with Crippen molar-refractivity contribution in [2.75, 3.05) is 7.11 Å². The summed E-state index contributed by atoms with van der Waals surface area (Å²) in [7, 11) is -1.88. The number of sulfonamides is 1. The van der Waals surface area contributed by atoms with Gasteiger partial charge in [0.25, 0.3) is 0 Å². The van der Waals surface area contributed by atoms with Crippen molar-refractivity contribution in [3.8, 4) is 5.75 Å². The first kappa shape index (κ1) is 16.0. The molecule has 0 bridgehead atoms. The van der Waals surface area contributed by atoms with Crippen LogP contribution >= 0.6 is 0 Å². The molecule has 0 heterocycles. The highest BCUT2D eigenvalue weighted by molar-refractivity contribution is 7.89. The van der Waals surface area contributed by atoms with Gasteiger partial charge in [0.15, 0.2) is 0 Å². The molecule has 1 aromatic rings. The molecule has 4 nitrogen and oxygen atoms in total. The van der Waals surface area contributed by atoms with Crippen molar-refractivity contribution < 1.29 is 13.2 Å². The van der Waals surface area contributed by atoms with Crippen LogP contribution in [-0.4, -0.2) is 21.6 Å². The fourth-order valence-electron chi connectivity index (χ4n) is 2.09. The standard InChI is InChI=1S/C14H23NO3S/c1-6-7-12(4)15-19(16,17)14-9-10(2)13(18-5)8-11(14)3/h8-9,12,15H,6-7H2,1-5H3/t12-/m1/s1. The molecule has 108 valence electrons. The second-order valence-corrected chi connectivity index (χ2v) is 6.58. The fourth-order valence-corrected chi connectivity index (χ4v) is 3.68. The van der Waals surface area contributed by atoms with Gasteiger partial charge in [-0.1, -0.05) is 13.3 Å². The summed E-state index contributed by atoms with van der Waals surface area (Å²) in [5.41, 5.74) is 1.51. The van der Waals surface area contributed by atoms with Gasteiger partial charge in [0.2, 0.25) is 10.0 Å². The number of hydrogen-bond acceptors (Lipinski definition) is 3. The van der Waals surface area contributed by atoms with E-state index in [1.54, 1.807) is 26.2 Å². The van der Waals surface area contributed by atoms with Crippen molar-refractivity contribution in [1.82, 2.24) is 4.72 Å². The van der Waals surface area contributed by atoms with Crippen LogP contribution in [0.3, 0.4) is 0 Å². The van der Waals surface area contributed by atoms with Gasteiger partial charge in [0, 0.05) is 6.04 Å². The molecule has 1 aromatic carbocycles. The van der Waals surface area contributed by atoms with Crippen molar-refractivity contribution >= 4 is 10.0 Å². The van der Waals surface area contributed by atoms with Crippen LogP contribution in [0.5, 0.6) is 5.75 Å². The zero-order valence-corrected chi connectivity index (χ0v) is 13.1. The second-order valence-electron chi connectivity index (χ2n) is 4.90. The van der Waals surface area contributed by atoms with Gasteiger partial charge in [0.1, 0.15) is 5.75 Å². The monoisotopic (exact) mass is 285 g/mol. The quantitative estimate of drug-likeness (QED) is 0.874. The number of aryl methyl sites for hydroxylation is 2. The van der Waals surface area contributed by atoms with E-state index in [0.717, 1.165) is 18.4 Å². The van der Waals surface area contributed by atoms with Crippen molar-refractivity contribution in [1.29, 1.82) is 0 Å². The number of ether oxygens (including phenoxy) is 1. The predicted molar refractivity (Wildman–Crippen MR) is 77.2 cm³/mol. The molecule has 0 aliphatic heterocycles. The van der Waals surface area contributed by atoms with Crippen LogP contribution in [0.2, 0.25) is 0 Å². The van der Waals surface area contributed by atoms with Crippen molar-refractivity contribution in [2.24, 2.45) is 0 Å². The van der Waals surface area contributed by atoms with Crippen molar-refractivity contribution in [3.05, 3.63) is 23.3 Å². The van der Waals surface area contributed by atoms with E-state index in [9.17, 15) is 8.42 Å².